The number of hydrogen-bond acceptors (Lipinski definition) is 5. The minimum Gasteiger partial charge on any atom is -0.383 e. The SMILES string of the molecule is CNc1cccc(C(=O)NCCCCCSC)c1[N+](=O)[O-]. The number of benzene rings is 1. The standard InChI is InChI=1S/C14H21N3O3S/c1-15-12-8-6-7-11(13(12)17(19)20)14(18)16-9-4-3-5-10-21-2/h6-8,15H,3-5,9-10H2,1-2H3,(H,16,18). The predicted octanol–water partition coefficient (Wildman–Crippen LogP) is 2.90. The lowest BCUT2D eigenvalue weighted by Gasteiger charge is -2.08. The first-order valence-corrected chi connectivity index (χ1v) is 8.23. The fourth-order valence-electron chi connectivity index (χ4n) is 1.97. The van der Waals surface area contributed by atoms with Crippen molar-refractivity contribution in [1.82, 2.24) is 5.32 Å². The summed E-state index contributed by atoms with van der Waals surface area (Å²) in [7, 11) is 1.59. The molecule has 0 radical (unpaired) electrons. The van der Waals surface area contributed by atoms with Crippen LogP contribution in [0.4, 0.5) is 11.4 Å². The van der Waals surface area contributed by atoms with Crippen molar-refractivity contribution in [3.63, 3.8) is 0 Å². The van der Waals surface area contributed by atoms with Crippen molar-refractivity contribution < 1.29 is 9.72 Å². The molecule has 1 aromatic rings. The van der Waals surface area contributed by atoms with E-state index in [2.05, 4.69) is 16.9 Å². The van der Waals surface area contributed by atoms with E-state index in [1.807, 2.05) is 0 Å². The molecule has 0 aliphatic heterocycles. The molecule has 0 saturated carbocycles. The Labute approximate surface area is 128 Å². The summed E-state index contributed by atoms with van der Waals surface area (Å²) in [4.78, 5) is 22.7. The van der Waals surface area contributed by atoms with Crippen molar-refractivity contribution in [3.05, 3.63) is 33.9 Å². The molecule has 21 heavy (non-hydrogen) atoms. The third kappa shape index (κ3) is 5.26. The number of nitro benzene ring substituents is 1. The number of amides is 1. The van der Waals surface area contributed by atoms with E-state index in [0.717, 1.165) is 25.0 Å². The number of anilines is 1. The predicted molar refractivity (Wildman–Crippen MR) is 87.2 cm³/mol. The summed E-state index contributed by atoms with van der Waals surface area (Å²) in [6.45, 7) is 0.536. The molecule has 2 N–H and O–H groups in total. The number of nitrogens with one attached hydrogen (secondary N) is 2. The lowest BCUT2D eigenvalue weighted by atomic mass is 10.1. The van der Waals surface area contributed by atoms with Crippen molar-refractivity contribution >= 4 is 29.0 Å². The van der Waals surface area contributed by atoms with Crippen LogP contribution in [0.5, 0.6) is 0 Å². The van der Waals surface area contributed by atoms with Gasteiger partial charge in [-0.2, -0.15) is 11.8 Å². The number of para-hydroxylation sites is 1. The van der Waals surface area contributed by atoms with E-state index in [9.17, 15) is 14.9 Å². The summed E-state index contributed by atoms with van der Waals surface area (Å²) in [6.07, 6.45) is 5.10. The lowest BCUT2D eigenvalue weighted by Crippen LogP contribution is -2.25. The molecule has 0 aliphatic rings. The molecule has 6 nitrogen and oxygen atoms in total. The number of thioether (sulfide) groups is 1. The van der Waals surface area contributed by atoms with Crippen molar-refractivity contribution in [2.75, 3.05) is 30.9 Å². The molecule has 0 unspecified atom stereocenters. The number of carbonyl (C=O) groups is 1. The Hall–Kier alpha value is -1.76. The van der Waals surface area contributed by atoms with Gasteiger partial charge in [-0.05, 0) is 37.0 Å². The highest BCUT2D eigenvalue weighted by atomic mass is 32.2. The van der Waals surface area contributed by atoms with E-state index >= 15 is 0 Å². The van der Waals surface area contributed by atoms with E-state index < -0.39 is 10.8 Å². The third-order valence-corrected chi connectivity index (χ3v) is 3.74. The molecule has 7 heteroatoms. The Kier molecular flexibility index (Phi) is 7.60. The molecule has 0 aliphatic carbocycles. The highest BCUT2D eigenvalue weighted by Crippen LogP contribution is 2.28. The van der Waals surface area contributed by atoms with E-state index in [1.54, 1.807) is 30.9 Å². The fourth-order valence-corrected chi connectivity index (χ4v) is 2.46. The first-order valence-electron chi connectivity index (χ1n) is 6.84. The summed E-state index contributed by atoms with van der Waals surface area (Å²) in [5.74, 6) is 0.715. The maximum Gasteiger partial charge on any atom is 0.305 e. The third-order valence-electron chi connectivity index (χ3n) is 3.04. The largest absolute Gasteiger partial charge is 0.383 e. The summed E-state index contributed by atoms with van der Waals surface area (Å²) in [6, 6.07) is 4.69. The first kappa shape index (κ1) is 17.3. The van der Waals surface area contributed by atoms with Gasteiger partial charge in [0.05, 0.1) is 4.92 Å². The molecule has 1 aromatic carbocycles. The van der Waals surface area contributed by atoms with Gasteiger partial charge in [-0.25, -0.2) is 0 Å². The number of unbranched alkanes of at least 4 members (excludes halogenated alkanes) is 2. The molecule has 1 rings (SSSR count). The van der Waals surface area contributed by atoms with Gasteiger partial charge in [0.15, 0.2) is 0 Å². The van der Waals surface area contributed by atoms with Crippen LogP contribution in [0.25, 0.3) is 0 Å². The molecule has 0 saturated heterocycles. The monoisotopic (exact) mass is 311 g/mol. The summed E-state index contributed by atoms with van der Waals surface area (Å²) < 4.78 is 0. The highest BCUT2D eigenvalue weighted by Gasteiger charge is 2.23. The van der Waals surface area contributed by atoms with Crippen molar-refractivity contribution in [3.8, 4) is 0 Å². The summed E-state index contributed by atoms with van der Waals surface area (Å²) >= 11 is 1.80. The molecule has 0 fully saturated rings. The van der Waals surface area contributed by atoms with Crippen molar-refractivity contribution in [2.24, 2.45) is 0 Å². The van der Waals surface area contributed by atoms with Crippen LogP contribution in [0, 0.1) is 10.1 Å². The zero-order chi connectivity index (χ0) is 15.7. The van der Waals surface area contributed by atoms with Gasteiger partial charge in [0.1, 0.15) is 11.3 Å². The Bertz CT molecular complexity index is 494. The number of hydrogen-bond donors (Lipinski definition) is 2. The molecular formula is C14H21N3O3S. The zero-order valence-corrected chi connectivity index (χ0v) is 13.2. The molecule has 116 valence electrons. The summed E-state index contributed by atoms with van der Waals surface area (Å²) in [5.41, 5.74) is 0.253. The number of nitro groups is 1. The van der Waals surface area contributed by atoms with Gasteiger partial charge in [0, 0.05) is 13.6 Å². The van der Waals surface area contributed by atoms with Crippen LogP contribution >= 0.6 is 11.8 Å². The Morgan fingerprint density at radius 2 is 2.10 bits per heavy atom. The van der Waals surface area contributed by atoms with E-state index in [1.165, 1.54) is 6.07 Å². The van der Waals surface area contributed by atoms with Gasteiger partial charge < -0.3 is 10.6 Å². The topological polar surface area (TPSA) is 84.3 Å². The zero-order valence-electron chi connectivity index (χ0n) is 12.3. The van der Waals surface area contributed by atoms with Gasteiger partial charge in [0.2, 0.25) is 0 Å². The summed E-state index contributed by atoms with van der Waals surface area (Å²) in [5, 5.41) is 16.6. The maximum atomic E-state index is 12.1. The quantitative estimate of drug-likeness (QED) is 0.416. The lowest BCUT2D eigenvalue weighted by molar-refractivity contribution is -0.384. The molecule has 1 amide bonds. The van der Waals surface area contributed by atoms with Crippen LogP contribution in [0.15, 0.2) is 18.2 Å². The molecule has 0 atom stereocenters. The number of carbonyl (C=O) groups excluding carboxylic acids is 1. The van der Waals surface area contributed by atoms with Gasteiger partial charge in [-0.3, -0.25) is 14.9 Å². The van der Waals surface area contributed by atoms with Crippen LogP contribution in [-0.4, -0.2) is 36.4 Å². The van der Waals surface area contributed by atoms with Crippen LogP contribution in [0.1, 0.15) is 29.6 Å². The molecule has 0 bridgehead atoms. The van der Waals surface area contributed by atoms with Crippen LogP contribution < -0.4 is 10.6 Å². The fraction of sp³-hybridized carbons (Fsp3) is 0.500. The minimum absolute atomic E-state index is 0.0935. The van der Waals surface area contributed by atoms with E-state index in [4.69, 9.17) is 0 Å². The molecule has 0 aromatic heterocycles. The Balaban J connectivity index is 2.64. The second kappa shape index (κ2) is 9.23. The average molecular weight is 311 g/mol. The smallest absolute Gasteiger partial charge is 0.305 e. The molecule has 0 spiro atoms. The van der Waals surface area contributed by atoms with Gasteiger partial charge in [-0.15, -0.1) is 0 Å². The number of nitrogens with zero attached hydrogens (tertiary/aromatic N) is 1. The van der Waals surface area contributed by atoms with Gasteiger partial charge in [0.25, 0.3) is 5.91 Å². The van der Waals surface area contributed by atoms with Crippen LogP contribution in [0.3, 0.4) is 0 Å². The second-order valence-electron chi connectivity index (χ2n) is 4.52. The first-order chi connectivity index (χ1) is 10.1. The maximum absolute atomic E-state index is 12.1. The molecular weight excluding hydrogens is 290 g/mol. The van der Waals surface area contributed by atoms with E-state index in [-0.39, 0.29) is 11.3 Å². The minimum atomic E-state index is -0.529. The van der Waals surface area contributed by atoms with E-state index in [0.29, 0.717) is 12.2 Å². The Morgan fingerprint density at radius 1 is 1.33 bits per heavy atom. The molecule has 0 heterocycles. The van der Waals surface area contributed by atoms with Crippen LogP contribution in [0.2, 0.25) is 0 Å². The van der Waals surface area contributed by atoms with Gasteiger partial charge >= 0.3 is 5.69 Å². The normalized spacial score (nSPS) is 10.2. The highest BCUT2D eigenvalue weighted by molar-refractivity contribution is 7.98. The number of rotatable bonds is 9. The van der Waals surface area contributed by atoms with Gasteiger partial charge in [-0.1, -0.05) is 12.5 Å². The average Bonchev–Trinajstić information content (AvgIpc) is 2.49. The van der Waals surface area contributed by atoms with Crippen LogP contribution in [-0.2, 0) is 0 Å². The Morgan fingerprint density at radius 3 is 2.71 bits per heavy atom. The van der Waals surface area contributed by atoms with Crippen molar-refractivity contribution in [2.45, 2.75) is 19.3 Å². The second-order valence-corrected chi connectivity index (χ2v) is 5.50. The van der Waals surface area contributed by atoms with Crippen molar-refractivity contribution in [1.29, 1.82) is 0 Å².